The third-order valence-corrected chi connectivity index (χ3v) is 3.45. The van der Waals surface area contributed by atoms with E-state index in [-0.39, 0.29) is 18.1 Å². The second-order valence-electron chi connectivity index (χ2n) is 4.69. The Bertz CT molecular complexity index is 562. The minimum Gasteiger partial charge on any atom is -0.497 e. The zero-order chi connectivity index (χ0) is 14.5. The summed E-state index contributed by atoms with van der Waals surface area (Å²) in [6, 6.07) is 9.02. The summed E-state index contributed by atoms with van der Waals surface area (Å²) in [5, 5.41) is 8.59. The number of ketones is 1. The van der Waals surface area contributed by atoms with Crippen LogP contribution < -0.4 is 9.64 Å². The van der Waals surface area contributed by atoms with E-state index in [1.807, 2.05) is 18.2 Å². The summed E-state index contributed by atoms with van der Waals surface area (Å²) in [6.07, 6.45) is 1.08. The van der Waals surface area contributed by atoms with Crippen LogP contribution in [0.2, 0.25) is 0 Å². The number of hydrogen-bond acceptors (Lipinski definition) is 4. The highest BCUT2D eigenvalue weighted by Gasteiger charge is 2.34. The first-order chi connectivity index (χ1) is 9.67. The lowest BCUT2D eigenvalue weighted by Crippen LogP contribution is -2.44. The summed E-state index contributed by atoms with van der Waals surface area (Å²) >= 11 is 0. The Labute approximate surface area is 117 Å². The molecular formula is C15H16N2O3. The van der Waals surface area contributed by atoms with Crippen LogP contribution in [0, 0.1) is 17.2 Å². The van der Waals surface area contributed by atoms with Crippen molar-refractivity contribution < 1.29 is 14.3 Å². The van der Waals surface area contributed by atoms with E-state index in [0.29, 0.717) is 18.7 Å². The van der Waals surface area contributed by atoms with E-state index in [1.165, 1.54) is 0 Å². The van der Waals surface area contributed by atoms with Crippen LogP contribution in [0.1, 0.15) is 19.3 Å². The predicted molar refractivity (Wildman–Crippen MR) is 73.3 cm³/mol. The fourth-order valence-corrected chi connectivity index (χ4v) is 2.41. The molecule has 1 fully saturated rings. The molecule has 5 heteroatoms. The van der Waals surface area contributed by atoms with Crippen LogP contribution in [-0.2, 0) is 9.59 Å². The summed E-state index contributed by atoms with van der Waals surface area (Å²) in [4.78, 5) is 25.8. The minimum atomic E-state index is -0.686. The van der Waals surface area contributed by atoms with Crippen molar-refractivity contribution in [1.29, 1.82) is 5.26 Å². The van der Waals surface area contributed by atoms with E-state index < -0.39 is 5.92 Å². The molecule has 1 aromatic carbocycles. The van der Waals surface area contributed by atoms with Crippen molar-refractivity contribution in [2.75, 3.05) is 18.6 Å². The summed E-state index contributed by atoms with van der Waals surface area (Å²) in [5.41, 5.74) is 0.726. The predicted octanol–water partition coefficient (Wildman–Crippen LogP) is 1.92. The third-order valence-electron chi connectivity index (χ3n) is 3.45. The number of nitrogens with zero attached hydrogens (tertiary/aromatic N) is 2. The number of benzene rings is 1. The second kappa shape index (κ2) is 6.20. The van der Waals surface area contributed by atoms with Gasteiger partial charge in [0.25, 0.3) is 0 Å². The normalized spacial score (nSPS) is 18.5. The van der Waals surface area contributed by atoms with Gasteiger partial charge >= 0.3 is 0 Å². The average Bonchev–Trinajstić information content (AvgIpc) is 2.47. The molecule has 0 bridgehead atoms. The molecule has 1 heterocycles. The monoisotopic (exact) mass is 272 g/mol. The van der Waals surface area contributed by atoms with Crippen LogP contribution >= 0.6 is 0 Å². The van der Waals surface area contributed by atoms with Crippen molar-refractivity contribution in [3.8, 4) is 11.8 Å². The van der Waals surface area contributed by atoms with Crippen LogP contribution in [0.5, 0.6) is 5.75 Å². The number of piperidine rings is 1. The molecule has 0 unspecified atom stereocenters. The number of anilines is 1. The van der Waals surface area contributed by atoms with Gasteiger partial charge in [-0.1, -0.05) is 6.07 Å². The lowest BCUT2D eigenvalue weighted by atomic mass is 9.91. The summed E-state index contributed by atoms with van der Waals surface area (Å²) in [7, 11) is 1.57. The number of nitriles is 1. The van der Waals surface area contributed by atoms with E-state index in [1.54, 1.807) is 24.1 Å². The Morgan fingerprint density at radius 3 is 3.05 bits per heavy atom. The number of carbonyl (C=O) groups excluding carboxylic acids is 2. The zero-order valence-electron chi connectivity index (χ0n) is 11.3. The highest BCUT2D eigenvalue weighted by Crippen LogP contribution is 2.28. The number of ether oxygens (including phenoxy) is 1. The Hall–Kier alpha value is -2.35. The molecule has 1 saturated heterocycles. The minimum absolute atomic E-state index is 0.206. The van der Waals surface area contributed by atoms with E-state index in [9.17, 15) is 9.59 Å². The van der Waals surface area contributed by atoms with E-state index in [0.717, 1.165) is 12.1 Å². The van der Waals surface area contributed by atoms with Crippen LogP contribution in [0.25, 0.3) is 0 Å². The molecule has 1 aliphatic rings. The molecule has 0 aliphatic carbocycles. The average molecular weight is 272 g/mol. The molecule has 2 rings (SSSR count). The van der Waals surface area contributed by atoms with Gasteiger partial charge in [0.1, 0.15) is 5.75 Å². The molecule has 5 nitrogen and oxygen atoms in total. The molecule has 1 aromatic rings. The van der Waals surface area contributed by atoms with E-state index in [4.69, 9.17) is 10.00 Å². The first-order valence-corrected chi connectivity index (χ1v) is 6.52. The number of Topliss-reactive ketones (excluding diaryl/α,β-unsaturated/α-hetero) is 1. The molecule has 0 spiro atoms. The highest BCUT2D eigenvalue weighted by atomic mass is 16.5. The van der Waals surface area contributed by atoms with E-state index >= 15 is 0 Å². The van der Waals surface area contributed by atoms with Crippen LogP contribution in [0.15, 0.2) is 24.3 Å². The van der Waals surface area contributed by atoms with Gasteiger partial charge in [-0.25, -0.2) is 0 Å². The number of amides is 1. The van der Waals surface area contributed by atoms with Gasteiger partial charge < -0.3 is 9.64 Å². The standard InChI is InChI=1S/C15H16N2O3/c1-20-12-5-2-4-11(10-12)17-9-3-6-13(15(17)19)14(18)7-8-16/h2,4-5,10,13H,3,6-7,9H2,1H3/t13-/m0/s1. The topological polar surface area (TPSA) is 70.4 Å². The van der Waals surface area contributed by atoms with Gasteiger partial charge in [0, 0.05) is 18.3 Å². The first kappa shape index (κ1) is 14.1. The summed E-state index contributed by atoms with van der Waals surface area (Å²) in [6.45, 7) is 0.586. The molecule has 1 aliphatic heterocycles. The van der Waals surface area contributed by atoms with Crippen molar-refractivity contribution in [2.24, 2.45) is 5.92 Å². The van der Waals surface area contributed by atoms with Crippen molar-refractivity contribution in [1.82, 2.24) is 0 Å². The maximum atomic E-state index is 12.4. The molecule has 1 amide bonds. The van der Waals surface area contributed by atoms with Gasteiger partial charge in [0.15, 0.2) is 5.78 Å². The van der Waals surface area contributed by atoms with Gasteiger partial charge in [-0.2, -0.15) is 5.26 Å². The molecule has 0 N–H and O–H groups in total. The van der Waals surface area contributed by atoms with Crippen LogP contribution in [-0.4, -0.2) is 25.3 Å². The SMILES string of the molecule is COc1cccc(N2CCC[C@@H](C(=O)CC#N)C2=O)c1. The second-order valence-corrected chi connectivity index (χ2v) is 4.69. The van der Waals surface area contributed by atoms with Crippen LogP contribution in [0.3, 0.4) is 0 Å². The summed E-state index contributed by atoms with van der Waals surface area (Å²) in [5.74, 6) is -0.523. The largest absolute Gasteiger partial charge is 0.497 e. The number of hydrogen-bond donors (Lipinski definition) is 0. The molecule has 1 atom stereocenters. The van der Waals surface area contributed by atoms with Gasteiger partial charge in [0.2, 0.25) is 5.91 Å². The Balaban J connectivity index is 2.22. The third kappa shape index (κ3) is 2.80. The van der Waals surface area contributed by atoms with Crippen LogP contribution in [0.4, 0.5) is 5.69 Å². The Kier molecular flexibility index (Phi) is 4.36. The van der Waals surface area contributed by atoms with Gasteiger partial charge in [-0.05, 0) is 25.0 Å². The lowest BCUT2D eigenvalue weighted by molar-refractivity contribution is -0.133. The van der Waals surface area contributed by atoms with E-state index in [2.05, 4.69) is 0 Å². The molecule has 20 heavy (non-hydrogen) atoms. The first-order valence-electron chi connectivity index (χ1n) is 6.52. The molecule has 0 saturated carbocycles. The molecule has 0 aromatic heterocycles. The quantitative estimate of drug-likeness (QED) is 0.785. The smallest absolute Gasteiger partial charge is 0.237 e. The molecular weight excluding hydrogens is 256 g/mol. The fraction of sp³-hybridized carbons (Fsp3) is 0.400. The van der Waals surface area contributed by atoms with Gasteiger partial charge in [-0.3, -0.25) is 9.59 Å². The van der Waals surface area contributed by atoms with Crippen molar-refractivity contribution in [2.45, 2.75) is 19.3 Å². The zero-order valence-corrected chi connectivity index (χ0v) is 11.3. The van der Waals surface area contributed by atoms with Crippen molar-refractivity contribution in [3.63, 3.8) is 0 Å². The number of rotatable bonds is 4. The number of methoxy groups -OCH3 is 1. The number of carbonyl (C=O) groups is 2. The van der Waals surface area contributed by atoms with Gasteiger partial charge in [0.05, 0.1) is 25.5 Å². The maximum absolute atomic E-state index is 12.4. The van der Waals surface area contributed by atoms with Crippen molar-refractivity contribution in [3.05, 3.63) is 24.3 Å². The van der Waals surface area contributed by atoms with Gasteiger partial charge in [-0.15, -0.1) is 0 Å². The Morgan fingerprint density at radius 1 is 1.55 bits per heavy atom. The highest BCUT2D eigenvalue weighted by molar-refractivity contribution is 6.09. The molecule has 0 radical (unpaired) electrons. The fourth-order valence-electron chi connectivity index (χ4n) is 2.41. The van der Waals surface area contributed by atoms with Crippen molar-refractivity contribution >= 4 is 17.4 Å². The Morgan fingerprint density at radius 2 is 2.35 bits per heavy atom. The lowest BCUT2D eigenvalue weighted by Gasteiger charge is -2.31. The summed E-state index contributed by atoms with van der Waals surface area (Å²) < 4.78 is 5.15. The molecule has 104 valence electrons. The maximum Gasteiger partial charge on any atom is 0.237 e.